The molecular weight excluding hydrogens is 271 g/mol. The van der Waals surface area contributed by atoms with Crippen molar-refractivity contribution in [2.45, 2.75) is 30.3 Å². The molecule has 0 saturated carbocycles. The number of nitrogens with one attached hydrogen (secondary N) is 1. The van der Waals surface area contributed by atoms with Gasteiger partial charge in [-0.2, -0.15) is 0 Å². The molecular formula is C12H17FN2O3S. The Morgan fingerprint density at radius 3 is 2.84 bits per heavy atom. The first-order chi connectivity index (χ1) is 8.86. The maximum absolute atomic E-state index is 13.7. The normalized spacial score (nSPS) is 23.7. The molecule has 3 N–H and O–H groups in total. The minimum absolute atomic E-state index is 0.156. The molecule has 5 nitrogen and oxygen atoms in total. The molecule has 1 unspecified atom stereocenters. The summed E-state index contributed by atoms with van der Waals surface area (Å²) in [4.78, 5) is -0.372. The zero-order valence-corrected chi connectivity index (χ0v) is 11.5. The first-order valence-electron chi connectivity index (χ1n) is 5.96. The monoisotopic (exact) mass is 288 g/mol. The number of benzene rings is 1. The van der Waals surface area contributed by atoms with E-state index in [2.05, 4.69) is 4.72 Å². The molecule has 1 heterocycles. The van der Waals surface area contributed by atoms with Crippen LogP contribution < -0.4 is 10.5 Å². The third kappa shape index (κ3) is 3.11. The minimum Gasteiger partial charge on any atom is -0.379 e. The fraction of sp³-hybridized carbons (Fsp3) is 0.500. The predicted octanol–water partition coefficient (Wildman–Crippen LogP) is 0.742. The standard InChI is InChI=1S/C12H17FN2O3S/c1-12(4-5-18-8-12)15-19(16,17)11-6-9(7-14)2-3-10(11)13/h2-3,6,15H,4-5,7-8,14H2,1H3. The second kappa shape index (κ2) is 5.16. The molecule has 1 aromatic rings. The Bertz CT molecular complexity index is 568. The summed E-state index contributed by atoms with van der Waals surface area (Å²) in [6.07, 6.45) is 0.560. The molecule has 1 atom stereocenters. The van der Waals surface area contributed by atoms with Crippen molar-refractivity contribution in [3.8, 4) is 0 Å². The molecule has 1 aromatic carbocycles. The van der Waals surface area contributed by atoms with Crippen LogP contribution in [0.4, 0.5) is 4.39 Å². The van der Waals surface area contributed by atoms with Crippen LogP contribution in [0.15, 0.2) is 23.1 Å². The van der Waals surface area contributed by atoms with Crippen molar-refractivity contribution in [1.29, 1.82) is 0 Å². The molecule has 0 bridgehead atoms. The lowest BCUT2D eigenvalue weighted by Crippen LogP contribution is -2.46. The van der Waals surface area contributed by atoms with Crippen LogP contribution >= 0.6 is 0 Å². The van der Waals surface area contributed by atoms with Crippen LogP contribution in [-0.2, 0) is 21.3 Å². The lowest BCUT2D eigenvalue weighted by Gasteiger charge is -2.23. The van der Waals surface area contributed by atoms with Gasteiger partial charge in [-0.3, -0.25) is 0 Å². The van der Waals surface area contributed by atoms with Gasteiger partial charge in [-0.05, 0) is 31.0 Å². The van der Waals surface area contributed by atoms with Gasteiger partial charge in [0.2, 0.25) is 10.0 Å². The second-order valence-electron chi connectivity index (χ2n) is 4.94. The Morgan fingerprint density at radius 2 is 2.26 bits per heavy atom. The van der Waals surface area contributed by atoms with E-state index in [1.54, 1.807) is 6.92 Å². The van der Waals surface area contributed by atoms with E-state index in [1.807, 2.05) is 0 Å². The summed E-state index contributed by atoms with van der Waals surface area (Å²) in [5, 5.41) is 0. The highest BCUT2D eigenvalue weighted by Gasteiger charge is 2.35. The lowest BCUT2D eigenvalue weighted by molar-refractivity contribution is 0.178. The number of halogens is 1. The number of rotatable bonds is 4. The van der Waals surface area contributed by atoms with Crippen LogP contribution in [0.5, 0.6) is 0 Å². The van der Waals surface area contributed by atoms with Crippen molar-refractivity contribution in [3.05, 3.63) is 29.6 Å². The molecule has 0 aromatic heterocycles. The number of sulfonamides is 1. The van der Waals surface area contributed by atoms with Crippen molar-refractivity contribution in [2.24, 2.45) is 5.73 Å². The zero-order chi connectivity index (χ0) is 14.1. The number of hydrogen-bond acceptors (Lipinski definition) is 4. The van der Waals surface area contributed by atoms with Gasteiger partial charge in [-0.25, -0.2) is 17.5 Å². The number of ether oxygens (including phenoxy) is 1. The molecule has 0 spiro atoms. The summed E-state index contributed by atoms with van der Waals surface area (Å²) in [5.41, 5.74) is 5.32. The quantitative estimate of drug-likeness (QED) is 0.856. The largest absolute Gasteiger partial charge is 0.379 e. The highest BCUT2D eigenvalue weighted by atomic mass is 32.2. The average molecular weight is 288 g/mol. The van der Waals surface area contributed by atoms with E-state index in [4.69, 9.17) is 10.5 Å². The molecule has 1 aliphatic rings. The van der Waals surface area contributed by atoms with Crippen molar-refractivity contribution >= 4 is 10.0 Å². The van der Waals surface area contributed by atoms with Gasteiger partial charge in [0.25, 0.3) is 0 Å². The zero-order valence-electron chi connectivity index (χ0n) is 10.6. The van der Waals surface area contributed by atoms with Gasteiger partial charge in [0.1, 0.15) is 10.7 Å². The highest BCUT2D eigenvalue weighted by molar-refractivity contribution is 7.89. The minimum atomic E-state index is -3.93. The molecule has 0 aliphatic carbocycles. The fourth-order valence-corrected chi connectivity index (χ4v) is 3.56. The Morgan fingerprint density at radius 1 is 1.53 bits per heavy atom. The van der Waals surface area contributed by atoms with Crippen molar-refractivity contribution in [3.63, 3.8) is 0 Å². The summed E-state index contributed by atoms with van der Waals surface area (Å²) in [5.74, 6) is -0.785. The van der Waals surface area contributed by atoms with E-state index >= 15 is 0 Å². The first kappa shape index (κ1) is 14.4. The van der Waals surface area contributed by atoms with Crippen molar-refractivity contribution in [1.82, 2.24) is 4.72 Å². The maximum atomic E-state index is 13.7. The molecule has 2 rings (SSSR count). The van der Waals surface area contributed by atoms with Gasteiger partial charge in [-0.1, -0.05) is 6.07 Å². The Labute approximate surface area is 112 Å². The average Bonchev–Trinajstić information content (AvgIpc) is 2.75. The molecule has 1 saturated heterocycles. The van der Waals surface area contributed by atoms with E-state index < -0.39 is 21.4 Å². The highest BCUT2D eigenvalue weighted by Crippen LogP contribution is 2.23. The van der Waals surface area contributed by atoms with Gasteiger partial charge in [0.15, 0.2) is 0 Å². The van der Waals surface area contributed by atoms with Crippen LogP contribution in [0.2, 0.25) is 0 Å². The van der Waals surface area contributed by atoms with E-state index in [1.165, 1.54) is 12.1 Å². The van der Waals surface area contributed by atoms with Gasteiger partial charge >= 0.3 is 0 Å². The van der Waals surface area contributed by atoms with Gasteiger partial charge in [0.05, 0.1) is 12.1 Å². The van der Waals surface area contributed by atoms with Crippen LogP contribution in [-0.4, -0.2) is 27.2 Å². The van der Waals surface area contributed by atoms with Crippen LogP contribution in [0, 0.1) is 5.82 Å². The topological polar surface area (TPSA) is 81.4 Å². The Hall–Kier alpha value is -1.02. The lowest BCUT2D eigenvalue weighted by atomic mass is 10.0. The summed E-state index contributed by atoms with van der Waals surface area (Å²) in [7, 11) is -3.93. The van der Waals surface area contributed by atoms with Gasteiger partial charge in [0, 0.05) is 13.2 Å². The molecule has 7 heteroatoms. The predicted molar refractivity (Wildman–Crippen MR) is 68.5 cm³/mol. The maximum Gasteiger partial charge on any atom is 0.244 e. The summed E-state index contributed by atoms with van der Waals surface area (Å²) in [6.45, 7) is 2.67. The number of hydrogen-bond donors (Lipinski definition) is 2. The third-order valence-electron chi connectivity index (χ3n) is 3.12. The summed E-state index contributed by atoms with van der Waals surface area (Å²) >= 11 is 0. The fourth-order valence-electron chi connectivity index (χ4n) is 2.01. The summed E-state index contributed by atoms with van der Waals surface area (Å²) in [6, 6.07) is 3.84. The first-order valence-corrected chi connectivity index (χ1v) is 7.45. The van der Waals surface area contributed by atoms with E-state index in [0.717, 1.165) is 6.07 Å². The molecule has 1 aliphatic heterocycles. The van der Waals surface area contributed by atoms with Crippen LogP contribution in [0.3, 0.4) is 0 Å². The smallest absolute Gasteiger partial charge is 0.244 e. The second-order valence-corrected chi connectivity index (χ2v) is 6.59. The van der Waals surface area contributed by atoms with Crippen LogP contribution in [0.25, 0.3) is 0 Å². The van der Waals surface area contributed by atoms with Gasteiger partial charge < -0.3 is 10.5 Å². The van der Waals surface area contributed by atoms with E-state index in [9.17, 15) is 12.8 Å². The van der Waals surface area contributed by atoms with Crippen molar-refractivity contribution < 1.29 is 17.5 Å². The van der Waals surface area contributed by atoms with Gasteiger partial charge in [-0.15, -0.1) is 0 Å². The molecule has 19 heavy (non-hydrogen) atoms. The third-order valence-corrected chi connectivity index (χ3v) is 4.77. The molecule has 0 radical (unpaired) electrons. The molecule has 106 valence electrons. The van der Waals surface area contributed by atoms with E-state index in [-0.39, 0.29) is 18.0 Å². The Balaban J connectivity index is 2.33. The molecule has 0 amide bonds. The van der Waals surface area contributed by atoms with Crippen molar-refractivity contribution in [2.75, 3.05) is 13.2 Å². The Kier molecular flexibility index (Phi) is 3.91. The SMILES string of the molecule is CC1(NS(=O)(=O)c2cc(CN)ccc2F)CCOC1. The summed E-state index contributed by atoms with van der Waals surface area (Å²) < 4.78 is 45.9. The number of nitrogens with two attached hydrogens (primary N) is 1. The molecule has 1 fully saturated rings. The van der Waals surface area contributed by atoms with E-state index in [0.29, 0.717) is 18.6 Å². The van der Waals surface area contributed by atoms with Crippen LogP contribution in [0.1, 0.15) is 18.9 Å².